The molecule has 0 N–H and O–H groups in total. The quantitative estimate of drug-likeness (QED) is 0.506. The van der Waals surface area contributed by atoms with Crippen LogP contribution < -0.4 is 0 Å². The van der Waals surface area contributed by atoms with Crippen LogP contribution in [-0.4, -0.2) is 21.5 Å². The first-order chi connectivity index (χ1) is 10.5. The van der Waals surface area contributed by atoms with Crippen LogP contribution in [0.15, 0.2) is 48.5 Å². The third-order valence-electron chi connectivity index (χ3n) is 3.71. The van der Waals surface area contributed by atoms with Gasteiger partial charge in [0.25, 0.3) is 0 Å². The van der Waals surface area contributed by atoms with Crippen molar-refractivity contribution < 1.29 is 9.53 Å². The second kappa shape index (κ2) is 5.76. The number of hydrogen-bond donors (Lipinski definition) is 0. The number of hydrogen-bond acceptors (Lipinski definition) is 2. The van der Waals surface area contributed by atoms with Gasteiger partial charge in [-0.25, -0.2) is 0 Å². The van der Waals surface area contributed by atoms with Gasteiger partial charge in [-0.05, 0) is 26.0 Å². The molecule has 0 amide bonds. The van der Waals surface area contributed by atoms with Gasteiger partial charge in [0, 0.05) is 21.8 Å². The van der Waals surface area contributed by atoms with E-state index in [4.69, 9.17) is 4.74 Å². The van der Waals surface area contributed by atoms with E-state index in [9.17, 15) is 4.79 Å². The van der Waals surface area contributed by atoms with Gasteiger partial charge in [-0.2, -0.15) is 0 Å². The molecule has 0 unspecified atom stereocenters. The van der Waals surface area contributed by atoms with Gasteiger partial charge in [0.15, 0.2) is 0 Å². The first-order valence-electron chi connectivity index (χ1n) is 7.30. The maximum Gasteiger partial charge on any atom is 0.322 e. The molecule has 2 aromatic carbocycles. The molecule has 0 saturated carbocycles. The summed E-state index contributed by atoms with van der Waals surface area (Å²) in [6.45, 7) is 4.57. The van der Waals surface area contributed by atoms with Crippen molar-refractivity contribution in [2.24, 2.45) is 0 Å². The predicted molar refractivity (Wildman–Crippen MR) is 93.4 cm³/mol. The zero-order valence-corrected chi connectivity index (χ0v) is 14.3. The number of aromatic nitrogens is 1. The van der Waals surface area contributed by atoms with E-state index < -0.39 is 4.32 Å². The van der Waals surface area contributed by atoms with Gasteiger partial charge in [-0.3, -0.25) is 4.79 Å². The number of esters is 1. The van der Waals surface area contributed by atoms with Crippen LogP contribution in [0.3, 0.4) is 0 Å². The lowest BCUT2D eigenvalue weighted by Gasteiger charge is -2.15. The largest absolute Gasteiger partial charge is 0.463 e. The first-order valence-corrected chi connectivity index (χ1v) is 8.10. The number of ether oxygens (including phenoxy) is 1. The van der Waals surface area contributed by atoms with Crippen LogP contribution in [0.1, 0.15) is 13.8 Å². The van der Waals surface area contributed by atoms with E-state index in [2.05, 4.69) is 44.8 Å². The molecule has 0 fully saturated rings. The lowest BCUT2D eigenvalue weighted by molar-refractivity contribution is -0.145. The zero-order valence-electron chi connectivity index (χ0n) is 12.7. The monoisotopic (exact) mass is 359 g/mol. The Morgan fingerprint density at radius 1 is 1.05 bits per heavy atom. The number of halogens is 1. The molecule has 1 heterocycles. The molecule has 1 aromatic heterocycles. The second-order valence-electron chi connectivity index (χ2n) is 5.79. The number of fused-ring (bicyclic) bond motifs is 3. The van der Waals surface area contributed by atoms with E-state index in [1.165, 1.54) is 10.8 Å². The Hall–Kier alpha value is -1.81. The highest BCUT2D eigenvalue weighted by molar-refractivity contribution is 9.10. The lowest BCUT2D eigenvalue weighted by Crippen LogP contribution is -2.27. The Morgan fingerprint density at radius 3 is 2.05 bits per heavy atom. The number of rotatable bonds is 4. The van der Waals surface area contributed by atoms with Gasteiger partial charge in [0.2, 0.25) is 0 Å². The van der Waals surface area contributed by atoms with E-state index in [1.807, 2.05) is 24.3 Å². The molecule has 0 saturated heterocycles. The first kappa shape index (κ1) is 15.1. The van der Waals surface area contributed by atoms with Gasteiger partial charge in [0.1, 0.15) is 10.9 Å². The van der Waals surface area contributed by atoms with Crippen LogP contribution in [0, 0.1) is 0 Å². The summed E-state index contributed by atoms with van der Waals surface area (Å²) in [5, 5.41) is 2.45. The van der Waals surface area contributed by atoms with Crippen molar-refractivity contribution in [1.82, 2.24) is 4.57 Å². The van der Waals surface area contributed by atoms with E-state index >= 15 is 0 Å². The minimum atomic E-state index is -0.645. The minimum absolute atomic E-state index is 0.242. The van der Waals surface area contributed by atoms with Crippen LogP contribution in [0.4, 0.5) is 0 Å². The number of carbonyl (C=O) groups is 1. The summed E-state index contributed by atoms with van der Waals surface area (Å²) >= 11 is 3.32. The third kappa shape index (κ3) is 2.75. The van der Waals surface area contributed by atoms with Gasteiger partial charge < -0.3 is 9.30 Å². The molecular weight excluding hydrogens is 342 g/mol. The SMILES string of the molecule is CC(C)(Br)C(=O)OCCn1c2ccccc2c2ccccc21. The van der Waals surface area contributed by atoms with Gasteiger partial charge >= 0.3 is 5.97 Å². The molecule has 114 valence electrons. The Morgan fingerprint density at radius 2 is 1.55 bits per heavy atom. The highest BCUT2D eigenvalue weighted by Crippen LogP contribution is 2.28. The number of para-hydroxylation sites is 2. The van der Waals surface area contributed by atoms with Crippen molar-refractivity contribution in [1.29, 1.82) is 0 Å². The summed E-state index contributed by atoms with van der Waals surface area (Å²) < 4.78 is 6.93. The van der Waals surface area contributed by atoms with Crippen molar-refractivity contribution in [2.75, 3.05) is 6.61 Å². The molecule has 3 aromatic rings. The van der Waals surface area contributed by atoms with Crippen molar-refractivity contribution in [3.63, 3.8) is 0 Å². The molecule has 0 spiro atoms. The van der Waals surface area contributed by atoms with Gasteiger partial charge in [-0.15, -0.1) is 0 Å². The standard InChI is InChI=1S/C18H18BrNO2/c1-18(2,19)17(21)22-12-11-20-15-9-5-3-7-13(15)14-8-4-6-10-16(14)20/h3-10H,11-12H2,1-2H3. The highest BCUT2D eigenvalue weighted by Gasteiger charge is 2.25. The normalized spacial score (nSPS) is 12.0. The van der Waals surface area contributed by atoms with E-state index in [0.717, 1.165) is 11.0 Å². The molecule has 0 bridgehead atoms. The van der Waals surface area contributed by atoms with Crippen molar-refractivity contribution >= 4 is 43.7 Å². The molecule has 0 radical (unpaired) electrons. The van der Waals surface area contributed by atoms with E-state index in [0.29, 0.717) is 13.2 Å². The van der Waals surface area contributed by atoms with Gasteiger partial charge in [0.05, 0.1) is 6.54 Å². The average Bonchev–Trinajstić information content (AvgIpc) is 2.81. The molecule has 3 rings (SSSR count). The van der Waals surface area contributed by atoms with E-state index in [1.54, 1.807) is 13.8 Å². The summed E-state index contributed by atoms with van der Waals surface area (Å²) in [6.07, 6.45) is 0. The summed E-state index contributed by atoms with van der Waals surface area (Å²) in [4.78, 5) is 11.8. The Kier molecular flexibility index (Phi) is 3.96. The van der Waals surface area contributed by atoms with Crippen LogP contribution >= 0.6 is 15.9 Å². The summed E-state index contributed by atoms with van der Waals surface area (Å²) in [5.74, 6) is -0.242. The fourth-order valence-electron chi connectivity index (χ4n) is 2.65. The van der Waals surface area contributed by atoms with Crippen LogP contribution in [0.5, 0.6) is 0 Å². The molecule has 22 heavy (non-hydrogen) atoms. The maximum atomic E-state index is 11.8. The fraction of sp³-hybridized carbons (Fsp3) is 0.278. The number of nitrogens with zero attached hydrogens (tertiary/aromatic N) is 1. The van der Waals surface area contributed by atoms with Crippen LogP contribution in [0.2, 0.25) is 0 Å². The topological polar surface area (TPSA) is 31.2 Å². The van der Waals surface area contributed by atoms with E-state index in [-0.39, 0.29) is 5.97 Å². The van der Waals surface area contributed by atoms with Crippen molar-refractivity contribution in [3.05, 3.63) is 48.5 Å². The molecule has 3 nitrogen and oxygen atoms in total. The molecule has 4 heteroatoms. The fourth-order valence-corrected chi connectivity index (χ4v) is 2.76. The van der Waals surface area contributed by atoms with Crippen LogP contribution in [0.25, 0.3) is 21.8 Å². The van der Waals surface area contributed by atoms with Gasteiger partial charge in [-0.1, -0.05) is 52.3 Å². The summed E-state index contributed by atoms with van der Waals surface area (Å²) in [7, 11) is 0. The number of carbonyl (C=O) groups excluding carboxylic acids is 1. The maximum absolute atomic E-state index is 11.8. The smallest absolute Gasteiger partial charge is 0.322 e. The molecule has 0 aliphatic carbocycles. The van der Waals surface area contributed by atoms with Crippen molar-refractivity contribution in [3.8, 4) is 0 Å². The Labute approximate surface area is 138 Å². The molecule has 0 aliphatic heterocycles. The molecular formula is C18H18BrNO2. The number of benzene rings is 2. The minimum Gasteiger partial charge on any atom is -0.463 e. The average molecular weight is 360 g/mol. The second-order valence-corrected chi connectivity index (χ2v) is 7.78. The zero-order chi connectivity index (χ0) is 15.7. The third-order valence-corrected chi connectivity index (χ3v) is 4.04. The molecule has 0 aliphatic rings. The predicted octanol–water partition coefficient (Wildman–Crippen LogP) is 4.51. The summed E-state index contributed by atoms with van der Waals surface area (Å²) in [5.41, 5.74) is 2.33. The van der Waals surface area contributed by atoms with Crippen molar-refractivity contribution in [2.45, 2.75) is 24.7 Å². The lowest BCUT2D eigenvalue weighted by atomic mass is 10.2. The number of alkyl halides is 1. The highest BCUT2D eigenvalue weighted by atomic mass is 79.9. The van der Waals surface area contributed by atoms with Crippen LogP contribution in [-0.2, 0) is 16.1 Å². The summed E-state index contributed by atoms with van der Waals surface area (Å²) in [6, 6.07) is 16.6. The molecule has 0 atom stereocenters. The Bertz CT molecular complexity index is 777. The Balaban J connectivity index is 1.91.